The molecule has 0 saturated heterocycles. The van der Waals surface area contributed by atoms with Gasteiger partial charge in [-0.2, -0.15) is 0 Å². The Morgan fingerprint density at radius 2 is 1.18 bits per heavy atom. The molecule has 0 heterocycles. The fraction of sp³-hybridized carbons (Fsp3) is 0. The monoisotopic (exact) mass is 353 g/mol. The van der Waals surface area contributed by atoms with Gasteiger partial charge in [-0.05, 0) is 72.4 Å². The van der Waals surface area contributed by atoms with Crippen LogP contribution in [0.5, 0.6) is 0 Å². The third-order valence-corrected chi connectivity index (χ3v) is 5.75. The molecule has 0 spiro atoms. The zero-order chi connectivity index (χ0) is 18.5. The summed E-state index contributed by atoms with van der Waals surface area (Å²) in [6, 6.07) is 40.5. The summed E-state index contributed by atoms with van der Waals surface area (Å²) in [7, 11) is 0. The average molecular weight is 353 g/mol. The number of fused-ring (bicyclic) bond motifs is 6. The zero-order valence-electron chi connectivity index (χ0n) is 15.3. The Labute approximate surface area is 163 Å². The summed E-state index contributed by atoms with van der Waals surface area (Å²) >= 11 is 0. The molecule has 0 nitrogen and oxygen atoms in total. The van der Waals surface area contributed by atoms with Crippen molar-refractivity contribution in [1.29, 1.82) is 0 Å². The number of benzene rings is 6. The third-order valence-electron chi connectivity index (χ3n) is 5.75. The van der Waals surface area contributed by atoms with E-state index < -0.39 is 0 Å². The van der Waals surface area contributed by atoms with Crippen molar-refractivity contribution < 1.29 is 0 Å². The van der Waals surface area contributed by atoms with E-state index in [0.29, 0.717) is 0 Å². The van der Waals surface area contributed by atoms with Crippen molar-refractivity contribution in [3.63, 3.8) is 0 Å². The van der Waals surface area contributed by atoms with Gasteiger partial charge in [0.1, 0.15) is 0 Å². The van der Waals surface area contributed by atoms with E-state index >= 15 is 0 Å². The molecule has 0 aliphatic heterocycles. The first-order valence-corrected chi connectivity index (χ1v) is 9.62. The minimum absolute atomic E-state index is 1.16. The van der Waals surface area contributed by atoms with Crippen molar-refractivity contribution in [2.24, 2.45) is 0 Å². The predicted molar refractivity (Wildman–Crippen MR) is 121 cm³/mol. The van der Waals surface area contributed by atoms with Gasteiger partial charge < -0.3 is 0 Å². The molecule has 0 unspecified atom stereocenters. The van der Waals surface area contributed by atoms with Crippen LogP contribution in [0.2, 0.25) is 0 Å². The van der Waals surface area contributed by atoms with Crippen molar-refractivity contribution in [2.45, 2.75) is 0 Å². The van der Waals surface area contributed by atoms with Crippen molar-refractivity contribution in [3.05, 3.63) is 109 Å². The van der Waals surface area contributed by atoms with Crippen molar-refractivity contribution in [1.82, 2.24) is 0 Å². The van der Waals surface area contributed by atoms with Crippen LogP contribution in [-0.4, -0.2) is 0 Å². The Hall–Kier alpha value is -3.64. The molecule has 0 bridgehead atoms. The summed E-state index contributed by atoms with van der Waals surface area (Å²) < 4.78 is 0. The summed E-state index contributed by atoms with van der Waals surface area (Å²) in [5, 5.41) is 10.1. The van der Waals surface area contributed by atoms with E-state index in [1.165, 1.54) is 48.8 Å². The molecule has 0 amide bonds. The Balaban J connectivity index is 1.63. The fourth-order valence-corrected chi connectivity index (χ4v) is 4.38. The van der Waals surface area contributed by atoms with Gasteiger partial charge in [0.15, 0.2) is 0 Å². The highest BCUT2D eigenvalue weighted by atomic mass is 14.1. The Bertz CT molecular complexity index is 1510. The molecule has 28 heavy (non-hydrogen) atoms. The average Bonchev–Trinajstić information content (AvgIpc) is 2.78. The van der Waals surface area contributed by atoms with Gasteiger partial charge in [-0.3, -0.25) is 0 Å². The van der Waals surface area contributed by atoms with E-state index in [2.05, 4.69) is 109 Å². The smallest absolute Gasteiger partial charge is 0.00923 e. The Morgan fingerprint density at radius 1 is 0.464 bits per heavy atom. The first kappa shape index (κ1) is 15.4. The van der Waals surface area contributed by atoms with Crippen molar-refractivity contribution >= 4 is 43.1 Å². The summed E-state index contributed by atoms with van der Waals surface area (Å²) in [6.45, 7) is 0. The molecular formula is C28H17. The number of hydrogen-bond acceptors (Lipinski definition) is 0. The second kappa shape index (κ2) is 5.94. The molecule has 6 aromatic rings. The summed E-state index contributed by atoms with van der Waals surface area (Å²) in [5.41, 5.74) is 2.51. The third kappa shape index (κ3) is 2.25. The maximum absolute atomic E-state index is 3.48. The minimum atomic E-state index is 1.16. The highest BCUT2D eigenvalue weighted by Crippen LogP contribution is 2.35. The molecule has 6 rings (SSSR count). The van der Waals surface area contributed by atoms with Gasteiger partial charge in [0.05, 0.1) is 0 Å². The molecule has 1 radical (unpaired) electrons. The first-order valence-electron chi connectivity index (χ1n) is 9.62. The zero-order valence-corrected chi connectivity index (χ0v) is 15.3. The van der Waals surface area contributed by atoms with Gasteiger partial charge in [0.2, 0.25) is 0 Å². The van der Waals surface area contributed by atoms with Crippen LogP contribution in [0.25, 0.3) is 54.2 Å². The van der Waals surface area contributed by atoms with E-state index in [0.717, 1.165) is 5.39 Å². The maximum Gasteiger partial charge on any atom is -0.00923 e. The van der Waals surface area contributed by atoms with Crippen LogP contribution < -0.4 is 0 Å². The lowest BCUT2D eigenvalue weighted by Crippen LogP contribution is -1.85. The molecule has 129 valence electrons. The fourth-order valence-electron chi connectivity index (χ4n) is 4.38. The van der Waals surface area contributed by atoms with Crippen LogP contribution >= 0.6 is 0 Å². The first-order chi connectivity index (χ1) is 13.9. The normalized spacial score (nSPS) is 11.6. The molecule has 0 N–H and O–H groups in total. The lowest BCUT2D eigenvalue weighted by atomic mass is 9.93. The molecular weight excluding hydrogens is 336 g/mol. The van der Waals surface area contributed by atoms with Crippen LogP contribution in [0.3, 0.4) is 0 Å². The second-order valence-corrected chi connectivity index (χ2v) is 7.32. The van der Waals surface area contributed by atoms with Gasteiger partial charge in [-0.15, -0.1) is 0 Å². The van der Waals surface area contributed by atoms with E-state index in [4.69, 9.17) is 0 Å². The summed E-state index contributed by atoms with van der Waals surface area (Å²) in [5.74, 6) is 0. The molecule has 0 aromatic heterocycles. The highest BCUT2D eigenvalue weighted by molar-refractivity contribution is 6.13. The van der Waals surface area contributed by atoms with E-state index in [9.17, 15) is 0 Å². The second-order valence-electron chi connectivity index (χ2n) is 7.32. The molecule has 0 heteroatoms. The standard InChI is InChI=1S/C28H17/c1-3-8-23-19(6-1)12-13-21-18-22(15-16-26(21)23)25-10-5-11-27-24-9-4-2-7-20(24)14-17-28(25)27/h1-12,14-18H. The lowest BCUT2D eigenvalue weighted by Gasteiger charge is -2.11. The lowest BCUT2D eigenvalue weighted by molar-refractivity contribution is 1.69. The van der Waals surface area contributed by atoms with Crippen molar-refractivity contribution in [2.75, 3.05) is 0 Å². The molecule has 0 atom stereocenters. The number of hydrogen-bond donors (Lipinski definition) is 0. The van der Waals surface area contributed by atoms with Gasteiger partial charge in [-0.1, -0.05) is 91.0 Å². The molecule has 0 fully saturated rings. The molecule has 6 aromatic carbocycles. The van der Waals surface area contributed by atoms with Gasteiger partial charge in [0, 0.05) is 0 Å². The van der Waals surface area contributed by atoms with Crippen molar-refractivity contribution in [3.8, 4) is 11.1 Å². The van der Waals surface area contributed by atoms with Crippen LogP contribution in [0.4, 0.5) is 0 Å². The number of rotatable bonds is 1. The summed E-state index contributed by atoms with van der Waals surface area (Å²) in [6.07, 6.45) is 0. The largest absolute Gasteiger partial charge is 0.0616 e. The highest BCUT2D eigenvalue weighted by Gasteiger charge is 2.08. The van der Waals surface area contributed by atoms with Gasteiger partial charge in [-0.25, -0.2) is 0 Å². The molecule has 0 saturated carbocycles. The predicted octanol–water partition coefficient (Wildman–Crippen LogP) is 7.77. The van der Waals surface area contributed by atoms with Crippen LogP contribution in [0, 0.1) is 6.07 Å². The minimum Gasteiger partial charge on any atom is -0.0616 e. The van der Waals surface area contributed by atoms with Crippen LogP contribution in [0.1, 0.15) is 0 Å². The summed E-state index contributed by atoms with van der Waals surface area (Å²) in [4.78, 5) is 0. The van der Waals surface area contributed by atoms with Crippen LogP contribution in [-0.2, 0) is 0 Å². The Kier molecular flexibility index (Phi) is 3.27. The van der Waals surface area contributed by atoms with Gasteiger partial charge in [0.25, 0.3) is 0 Å². The topological polar surface area (TPSA) is 0 Å². The molecule has 0 aliphatic rings. The van der Waals surface area contributed by atoms with E-state index in [1.54, 1.807) is 0 Å². The van der Waals surface area contributed by atoms with E-state index in [1.807, 2.05) is 0 Å². The van der Waals surface area contributed by atoms with Crippen LogP contribution in [0.15, 0.2) is 103 Å². The quantitative estimate of drug-likeness (QED) is 0.265. The molecule has 0 aliphatic carbocycles. The maximum atomic E-state index is 3.48. The van der Waals surface area contributed by atoms with E-state index in [-0.39, 0.29) is 0 Å². The SMILES string of the molecule is [c]1cc2ccccc2c2ccc(-c3cccc4c3ccc3ccccc34)cc12. The Morgan fingerprint density at radius 3 is 2.07 bits per heavy atom. The van der Waals surface area contributed by atoms with Gasteiger partial charge >= 0.3 is 0 Å².